The molecule has 1 N–H and O–H groups in total. The Morgan fingerprint density at radius 2 is 2.00 bits per heavy atom. The smallest absolute Gasteiger partial charge is 0.231 e. The normalized spacial score (nSPS) is 13.0. The van der Waals surface area contributed by atoms with Crippen molar-refractivity contribution in [3.8, 4) is 23.0 Å². The van der Waals surface area contributed by atoms with Crippen molar-refractivity contribution in [1.29, 1.82) is 0 Å². The monoisotopic (exact) mass is 352 g/mol. The zero-order valence-electron chi connectivity index (χ0n) is 15.5. The number of phenolic OH excluding ortho intramolecular Hbond substituents is 1. The number of allylic oxidation sites excluding steroid dienone is 1. The van der Waals surface area contributed by atoms with Crippen LogP contribution in [0.25, 0.3) is 17.7 Å². The average Bonchev–Trinajstić information content (AvgIpc) is 3.09. The maximum atomic E-state index is 10.4. The molecule has 1 heterocycles. The highest BCUT2D eigenvalue weighted by Gasteiger charge is 2.18. The lowest BCUT2D eigenvalue weighted by Gasteiger charge is -2.13. The van der Waals surface area contributed by atoms with Gasteiger partial charge in [0.1, 0.15) is 0 Å². The summed E-state index contributed by atoms with van der Waals surface area (Å²) in [6.07, 6.45) is 5.69. The molecule has 1 aliphatic heterocycles. The Bertz CT molecular complexity index is 865. The van der Waals surface area contributed by atoms with Crippen LogP contribution in [0.2, 0.25) is 0 Å². The molecule has 0 aromatic heterocycles. The molecule has 0 fully saturated rings. The molecular formula is C22H24O4. The van der Waals surface area contributed by atoms with Crippen LogP contribution in [0.4, 0.5) is 0 Å². The molecule has 1 aliphatic rings. The molecule has 0 amide bonds. The van der Waals surface area contributed by atoms with Crippen molar-refractivity contribution in [3.63, 3.8) is 0 Å². The molecule has 0 atom stereocenters. The van der Waals surface area contributed by atoms with E-state index < -0.39 is 0 Å². The molecule has 136 valence electrons. The number of phenols is 1. The van der Waals surface area contributed by atoms with E-state index in [4.69, 9.17) is 14.2 Å². The summed E-state index contributed by atoms with van der Waals surface area (Å²) in [5.41, 5.74) is 4.97. The molecule has 26 heavy (non-hydrogen) atoms. The number of aromatic hydroxyl groups is 1. The number of aryl methyl sites for hydroxylation is 1. The van der Waals surface area contributed by atoms with E-state index in [9.17, 15) is 5.11 Å². The third kappa shape index (κ3) is 3.27. The van der Waals surface area contributed by atoms with Gasteiger partial charge in [-0.05, 0) is 53.8 Å². The van der Waals surface area contributed by atoms with Crippen LogP contribution in [0.1, 0.15) is 42.5 Å². The van der Waals surface area contributed by atoms with Gasteiger partial charge in [-0.15, -0.1) is 0 Å². The SMILES string of the molecule is C=Cc1c(/C=C(\C)c2cc3c(cc2CCC)OCO3)ccc(OC)c1O. The summed E-state index contributed by atoms with van der Waals surface area (Å²) in [5.74, 6) is 2.11. The molecule has 0 spiro atoms. The molecule has 0 radical (unpaired) electrons. The molecule has 2 aromatic rings. The van der Waals surface area contributed by atoms with Crippen molar-refractivity contribution in [2.75, 3.05) is 13.9 Å². The molecule has 0 saturated carbocycles. The minimum atomic E-state index is 0.100. The Morgan fingerprint density at radius 3 is 2.65 bits per heavy atom. The number of hydrogen-bond donors (Lipinski definition) is 1. The van der Waals surface area contributed by atoms with Gasteiger partial charge in [0.15, 0.2) is 23.0 Å². The Labute approximate surface area is 154 Å². The van der Waals surface area contributed by atoms with Gasteiger partial charge in [0.05, 0.1) is 7.11 Å². The van der Waals surface area contributed by atoms with Crippen molar-refractivity contribution < 1.29 is 19.3 Å². The lowest BCUT2D eigenvalue weighted by molar-refractivity contribution is 0.174. The number of fused-ring (bicyclic) bond motifs is 1. The summed E-state index contributed by atoms with van der Waals surface area (Å²) in [6.45, 7) is 8.30. The van der Waals surface area contributed by atoms with E-state index in [1.807, 2.05) is 18.2 Å². The van der Waals surface area contributed by atoms with Crippen LogP contribution in [0, 0.1) is 0 Å². The standard InChI is InChI=1S/C22H24O4/c1-5-7-15-11-20-21(26-13-25-20)12-18(15)14(3)10-16-8-9-19(24-4)22(23)17(16)6-2/h6,8-12,23H,2,5,7,13H2,1,3-4H3/b14-10+. The van der Waals surface area contributed by atoms with Gasteiger partial charge in [0.25, 0.3) is 0 Å². The highest BCUT2D eigenvalue weighted by atomic mass is 16.7. The number of benzene rings is 2. The van der Waals surface area contributed by atoms with Crippen LogP contribution in [0.15, 0.2) is 30.8 Å². The van der Waals surface area contributed by atoms with Gasteiger partial charge in [-0.2, -0.15) is 0 Å². The minimum Gasteiger partial charge on any atom is -0.504 e. The van der Waals surface area contributed by atoms with E-state index in [2.05, 4.69) is 26.5 Å². The fourth-order valence-electron chi connectivity index (χ4n) is 3.25. The predicted octanol–water partition coefficient (Wildman–Crippen LogP) is 5.29. The number of rotatable bonds is 6. The summed E-state index contributed by atoms with van der Waals surface area (Å²) in [6, 6.07) is 7.79. The van der Waals surface area contributed by atoms with Gasteiger partial charge >= 0.3 is 0 Å². The highest BCUT2D eigenvalue weighted by Crippen LogP contribution is 2.39. The van der Waals surface area contributed by atoms with Crippen LogP contribution in [0.5, 0.6) is 23.0 Å². The topological polar surface area (TPSA) is 47.9 Å². The van der Waals surface area contributed by atoms with Crippen LogP contribution in [0.3, 0.4) is 0 Å². The predicted molar refractivity (Wildman–Crippen MR) is 105 cm³/mol. The van der Waals surface area contributed by atoms with Gasteiger partial charge in [0, 0.05) is 5.56 Å². The summed E-state index contributed by atoms with van der Waals surface area (Å²) in [5, 5.41) is 10.4. The van der Waals surface area contributed by atoms with E-state index in [0.29, 0.717) is 11.3 Å². The molecule has 2 aromatic carbocycles. The van der Waals surface area contributed by atoms with Crippen molar-refractivity contribution in [2.24, 2.45) is 0 Å². The maximum absolute atomic E-state index is 10.4. The molecule has 0 bridgehead atoms. The van der Waals surface area contributed by atoms with Gasteiger partial charge in [-0.25, -0.2) is 0 Å². The summed E-state index contributed by atoms with van der Waals surface area (Å²) < 4.78 is 16.2. The fourth-order valence-corrected chi connectivity index (χ4v) is 3.25. The molecule has 3 rings (SSSR count). The van der Waals surface area contributed by atoms with Gasteiger partial charge < -0.3 is 19.3 Å². The first-order chi connectivity index (χ1) is 12.6. The largest absolute Gasteiger partial charge is 0.504 e. The zero-order chi connectivity index (χ0) is 18.7. The van der Waals surface area contributed by atoms with E-state index in [1.165, 1.54) is 12.7 Å². The van der Waals surface area contributed by atoms with E-state index in [1.54, 1.807) is 12.1 Å². The van der Waals surface area contributed by atoms with Gasteiger partial charge in [-0.3, -0.25) is 0 Å². The molecule has 0 aliphatic carbocycles. The van der Waals surface area contributed by atoms with Crippen LogP contribution in [-0.2, 0) is 6.42 Å². The number of hydrogen-bond acceptors (Lipinski definition) is 4. The van der Waals surface area contributed by atoms with E-state index >= 15 is 0 Å². The van der Waals surface area contributed by atoms with E-state index in [-0.39, 0.29) is 12.5 Å². The second kappa shape index (κ2) is 7.56. The lowest BCUT2D eigenvalue weighted by Crippen LogP contribution is -1.94. The molecule has 0 saturated heterocycles. The first kappa shape index (κ1) is 17.9. The second-order valence-corrected chi connectivity index (χ2v) is 6.26. The third-order valence-electron chi connectivity index (χ3n) is 4.55. The highest BCUT2D eigenvalue weighted by molar-refractivity contribution is 5.86. The summed E-state index contributed by atoms with van der Waals surface area (Å²) >= 11 is 0. The minimum absolute atomic E-state index is 0.100. The van der Waals surface area contributed by atoms with Crippen molar-refractivity contribution >= 4 is 17.7 Å². The van der Waals surface area contributed by atoms with Crippen LogP contribution >= 0.6 is 0 Å². The van der Waals surface area contributed by atoms with Crippen molar-refractivity contribution in [1.82, 2.24) is 0 Å². The Hall–Kier alpha value is -2.88. The average molecular weight is 352 g/mol. The van der Waals surface area contributed by atoms with Crippen molar-refractivity contribution in [2.45, 2.75) is 26.7 Å². The van der Waals surface area contributed by atoms with Crippen molar-refractivity contribution in [3.05, 3.63) is 53.1 Å². The fraction of sp³-hybridized carbons (Fsp3) is 0.273. The Balaban J connectivity index is 2.08. The lowest BCUT2D eigenvalue weighted by atomic mass is 9.94. The maximum Gasteiger partial charge on any atom is 0.231 e. The number of ether oxygens (including phenoxy) is 3. The number of methoxy groups -OCH3 is 1. The summed E-state index contributed by atoms with van der Waals surface area (Å²) in [4.78, 5) is 0. The van der Waals surface area contributed by atoms with Gasteiger partial charge in [0.2, 0.25) is 6.79 Å². The molecule has 4 nitrogen and oxygen atoms in total. The Kier molecular flexibility index (Phi) is 5.21. The molecular weight excluding hydrogens is 328 g/mol. The second-order valence-electron chi connectivity index (χ2n) is 6.26. The summed E-state index contributed by atoms with van der Waals surface area (Å²) in [7, 11) is 1.53. The first-order valence-corrected chi connectivity index (χ1v) is 8.72. The quantitative estimate of drug-likeness (QED) is 0.718. The van der Waals surface area contributed by atoms with Crippen LogP contribution in [-0.4, -0.2) is 19.0 Å². The first-order valence-electron chi connectivity index (χ1n) is 8.72. The third-order valence-corrected chi connectivity index (χ3v) is 4.55. The zero-order valence-corrected chi connectivity index (χ0v) is 15.5. The molecule has 0 unspecified atom stereocenters. The van der Waals surface area contributed by atoms with Crippen LogP contribution < -0.4 is 14.2 Å². The Morgan fingerprint density at radius 1 is 1.27 bits per heavy atom. The molecule has 4 heteroatoms. The van der Waals surface area contributed by atoms with E-state index in [0.717, 1.165) is 41.0 Å². The van der Waals surface area contributed by atoms with Gasteiger partial charge in [-0.1, -0.05) is 38.1 Å².